The number of hydrogen-bond donors (Lipinski definition) is 2. The van der Waals surface area contributed by atoms with Gasteiger partial charge in [-0.15, -0.1) is 0 Å². The summed E-state index contributed by atoms with van der Waals surface area (Å²) in [5.74, 6) is -0.200. The topological polar surface area (TPSA) is 76.0 Å². The SMILES string of the molecule is COC(=O)c1ccc(OB(O)O)cc1. The Kier molecular flexibility index (Phi) is 3.50. The van der Waals surface area contributed by atoms with Crippen LogP contribution in [0.1, 0.15) is 10.4 Å². The van der Waals surface area contributed by atoms with E-state index in [4.69, 9.17) is 10.0 Å². The second-order valence-electron chi connectivity index (χ2n) is 2.46. The van der Waals surface area contributed by atoms with Crippen LogP contribution in [0, 0.1) is 0 Å². The van der Waals surface area contributed by atoms with Crippen LogP contribution in [0.3, 0.4) is 0 Å². The monoisotopic (exact) mass is 196 g/mol. The van der Waals surface area contributed by atoms with E-state index in [1.165, 1.54) is 31.4 Å². The Labute approximate surface area is 81.1 Å². The van der Waals surface area contributed by atoms with Gasteiger partial charge in [0, 0.05) is 0 Å². The molecule has 0 unspecified atom stereocenters. The van der Waals surface area contributed by atoms with Gasteiger partial charge >= 0.3 is 13.3 Å². The zero-order valence-electron chi connectivity index (χ0n) is 7.51. The maximum atomic E-state index is 11.0. The Bertz CT molecular complexity index is 308. The van der Waals surface area contributed by atoms with Crippen molar-refractivity contribution in [2.45, 2.75) is 0 Å². The predicted molar refractivity (Wildman–Crippen MR) is 48.6 cm³/mol. The first-order valence-corrected chi connectivity index (χ1v) is 3.84. The van der Waals surface area contributed by atoms with Gasteiger partial charge in [-0.2, -0.15) is 0 Å². The molecule has 0 atom stereocenters. The van der Waals surface area contributed by atoms with Gasteiger partial charge in [0.25, 0.3) is 0 Å². The van der Waals surface area contributed by atoms with Gasteiger partial charge in [-0.3, -0.25) is 0 Å². The zero-order chi connectivity index (χ0) is 10.6. The Morgan fingerprint density at radius 2 is 1.86 bits per heavy atom. The van der Waals surface area contributed by atoms with E-state index < -0.39 is 13.3 Å². The summed E-state index contributed by atoms with van der Waals surface area (Å²) in [5.41, 5.74) is 0.368. The first-order valence-electron chi connectivity index (χ1n) is 3.84. The normalized spacial score (nSPS) is 9.36. The minimum absolute atomic E-state index is 0.257. The van der Waals surface area contributed by atoms with Crippen molar-refractivity contribution in [1.82, 2.24) is 0 Å². The number of ether oxygens (including phenoxy) is 1. The number of methoxy groups -OCH3 is 1. The number of benzene rings is 1. The average Bonchev–Trinajstić information content (AvgIpc) is 2.17. The Balaban J connectivity index is 2.73. The van der Waals surface area contributed by atoms with E-state index in [0.29, 0.717) is 5.56 Å². The molecule has 0 aliphatic rings. The van der Waals surface area contributed by atoms with E-state index in [1.807, 2.05) is 0 Å². The third-order valence-electron chi connectivity index (χ3n) is 1.52. The van der Waals surface area contributed by atoms with Gasteiger partial charge in [-0.05, 0) is 24.3 Å². The van der Waals surface area contributed by atoms with Crippen molar-refractivity contribution in [2.75, 3.05) is 7.11 Å². The Morgan fingerprint density at radius 1 is 1.29 bits per heavy atom. The first-order chi connectivity index (χ1) is 6.63. The molecule has 6 heteroatoms. The molecule has 0 fully saturated rings. The van der Waals surface area contributed by atoms with Gasteiger partial charge in [0.2, 0.25) is 0 Å². The van der Waals surface area contributed by atoms with Crippen LogP contribution >= 0.6 is 0 Å². The van der Waals surface area contributed by atoms with Crippen molar-refractivity contribution in [3.05, 3.63) is 29.8 Å². The number of hydrogen-bond acceptors (Lipinski definition) is 5. The van der Waals surface area contributed by atoms with E-state index >= 15 is 0 Å². The molecular weight excluding hydrogens is 187 g/mol. The standard InChI is InChI=1S/C8H9BO5/c1-13-8(10)6-2-4-7(5-3-6)14-9(11)12/h2-5,11-12H,1H3. The predicted octanol–water partition coefficient (Wildman–Crippen LogP) is -0.178. The molecule has 0 aromatic heterocycles. The lowest BCUT2D eigenvalue weighted by molar-refractivity contribution is 0.0601. The quantitative estimate of drug-likeness (QED) is 0.518. The third-order valence-corrected chi connectivity index (χ3v) is 1.52. The molecular formula is C8H9BO5. The molecule has 14 heavy (non-hydrogen) atoms. The van der Waals surface area contributed by atoms with Crippen LogP contribution in [-0.4, -0.2) is 30.4 Å². The maximum absolute atomic E-state index is 11.0. The van der Waals surface area contributed by atoms with Crippen LogP contribution in [0.2, 0.25) is 0 Å². The third kappa shape index (κ3) is 2.76. The van der Waals surface area contributed by atoms with Crippen LogP contribution in [0.15, 0.2) is 24.3 Å². The Hall–Kier alpha value is -1.53. The zero-order valence-corrected chi connectivity index (χ0v) is 7.51. The molecule has 2 N–H and O–H groups in total. The molecule has 0 spiro atoms. The van der Waals surface area contributed by atoms with Crippen molar-refractivity contribution < 1.29 is 24.2 Å². The number of carbonyl (C=O) groups is 1. The van der Waals surface area contributed by atoms with Crippen LogP contribution in [-0.2, 0) is 4.74 Å². The molecule has 0 amide bonds. The average molecular weight is 196 g/mol. The molecule has 0 saturated heterocycles. The van der Waals surface area contributed by atoms with Crippen LogP contribution in [0.5, 0.6) is 5.75 Å². The van der Waals surface area contributed by atoms with Crippen molar-refractivity contribution in [3.63, 3.8) is 0 Å². The van der Waals surface area contributed by atoms with Gasteiger partial charge in [0.1, 0.15) is 5.75 Å². The highest BCUT2D eigenvalue weighted by Crippen LogP contribution is 2.12. The largest absolute Gasteiger partial charge is 0.707 e. The Morgan fingerprint density at radius 3 is 2.29 bits per heavy atom. The summed E-state index contributed by atoms with van der Waals surface area (Å²) >= 11 is 0. The highest BCUT2D eigenvalue weighted by atomic mass is 16.6. The summed E-state index contributed by atoms with van der Waals surface area (Å²) in [5, 5.41) is 16.9. The van der Waals surface area contributed by atoms with Crippen molar-refractivity contribution in [1.29, 1.82) is 0 Å². The number of esters is 1. The van der Waals surface area contributed by atoms with Gasteiger partial charge in [-0.1, -0.05) is 0 Å². The van der Waals surface area contributed by atoms with Gasteiger partial charge in [-0.25, -0.2) is 4.79 Å². The molecule has 0 bridgehead atoms. The van der Waals surface area contributed by atoms with E-state index in [1.54, 1.807) is 0 Å². The molecule has 74 valence electrons. The lowest BCUT2D eigenvalue weighted by Gasteiger charge is -2.04. The second kappa shape index (κ2) is 4.64. The molecule has 1 rings (SSSR count). The van der Waals surface area contributed by atoms with Gasteiger partial charge in [0.15, 0.2) is 0 Å². The van der Waals surface area contributed by atoms with E-state index in [0.717, 1.165) is 0 Å². The minimum Gasteiger partial charge on any atom is -0.512 e. The second-order valence-corrected chi connectivity index (χ2v) is 2.46. The molecule has 0 aliphatic carbocycles. The van der Waals surface area contributed by atoms with Crippen molar-refractivity contribution >= 4 is 13.3 Å². The van der Waals surface area contributed by atoms with E-state index in [2.05, 4.69) is 9.39 Å². The molecule has 0 radical (unpaired) electrons. The van der Waals surface area contributed by atoms with Gasteiger partial charge < -0.3 is 19.4 Å². The van der Waals surface area contributed by atoms with Crippen molar-refractivity contribution in [2.24, 2.45) is 0 Å². The molecule has 5 nitrogen and oxygen atoms in total. The summed E-state index contributed by atoms with van der Waals surface area (Å²) in [4.78, 5) is 11.0. The van der Waals surface area contributed by atoms with Crippen LogP contribution < -0.4 is 4.65 Å². The molecule has 0 saturated carbocycles. The maximum Gasteiger partial charge on any atom is 0.707 e. The van der Waals surface area contributed by atoms with Gasteiger partial charge in [0.05, 0.1) is 12.7 Å². The van der Waals surface area contributed by atoms with Crippen LogP contribution in [0.4, 0.5) is 0 Å². The number of rotatable bonds is 3. The first kappa shape index (κ1) is 10.6. The molecule has 0 aliphatic heterocycles. The smallest absolute Gasteiger partial charge is 0.512 e. The molecule has 1 aromatic carbocycles. The summed E-state index contributed by atoms with van der Waals surface area (Å²) < 4.78 is 9.02. The van der Waals surface area contributed by atoms with E-state index in [9.17, 15) is 4.79 Å². The van der Waals surface area contributed by atoms with Crippen molar-refractivity contribution in [3.8, 4) is 5.75 Å². The molecule has 0 heterocycles. The van der Waals surface area contributed by atoms with Crippen LogP contribution in [0.25, 0.3) is 0 Å². The summed E-state index contributed by atoms with van der Waals surface area (Å²) in [6.45, 7) is 0. The summed E-state index contributed by atoms with van der Waals surface area (Å²) in [7, 11) is -0.580. The summed E-state index contributed by atoms with van der Waals surface area (Å²) in [6.07, 6.45) is 0. The van der Waals surface area contributed by atoms with E-state index in [-0.39, 0.29) is 5.75 Å². The highest BCUT2D eigenvalue weighted by molar-refractivity contribution is 6.33. The molecule has 1 aromatic rings. The number of carbonyl (C=O) groups excluding carboxylic acids is 1. The fourth-order valence-electron chi connectivity index (χ4n) is 0.909. The lowest BCUT2D eigenvalue weighted by Crippen LogP contribution is -2.20. The highest BCUT2D eigenvalue weighted by Gasteiger charge is 2.11. The minimum atomic E-state index is -1.86. The fourth-order valence-corrected chi connectivity index (χ4v) is 0.909. The lowest BCUT2D eigenvalue weighted by atomic mass is 10.2. The fraction of sp³-hybridized carbons (Fsp3) is 0.125. The summed E-state index contributed by atoms with van der Waals surface area (Å²) in [6, 6.07) is 5.80.